The molecule has 25 heavy (non-hydrogen) atoms. The Kier molecular flexibility index (Phi) is 8.34. The van der Waals surface area contributed by atoms with Crippen LogP contribution in [0.1, 0.15) is 13.8 Å². The third-order valence-corrected chi connectivity index (χ3v) is 3.86. The molecule has 0 aromatic heterocycles. The van der Waals surface area contributed by atoms with Crippen molar-refractivity contribution in [1.29, 1.82) is 0 Å². The summed E-state index contributed by atoms with van der Waals surface area (Å²) in [5.74, 6) is 2.21. The Hall–Kier alpha value is -1.99. The molecule has 1 fully saturated rings. The number of nitrogens with zero attached hydrogens (tertiary/aromatic N) is 2. The van der Waals surface area contributed by atoms with Crippen molar-refractivity contribution >= 4 is 11.6 Å². The maximum absolute atomic E-state index is 5.63. The Labute approximate surface area is 150 Å². The average molecular weight is 350 g/mol. The van der Waals surface area contributed by atoms with Gasteiger partial charge in [-0.1, -0.05) is 0 Å². The summed E-state index contributed by atoms with van der Waals surface area (Å²) < 4.78 is 16.3. The number of hydrogen-bond donors (Lipinski definition) is 2. The molecule has 140 valence electrons. The van der Waals surface area contributed by atoms with E-state index in [-0.39, 0.29) is 0 Å². The van der Waals surface area contributed by atoms with E-state index in [1.165, 1.54) is 0 Å². The van der Waals surface area contributed by atoms with Crippen LogP contribution >= 0.6 is 0 Å². The number of anilines is 1. The Morgan fingerprint density at radius 1 is 1.24 bits per heavy atom. The smallest absolute Gasteiger partial charge is 0.195 e. The molecule has 2 rings (SSSR count). The minimum Gasteiger partial charge on any atom is -0.493 e. The van der Waals surface area contributed by atoms with E-state index in [9.17, 15) is 0 Å². The van der Waals surface area contributed by atoms with Crippen molar-refractivity contribution in [2.45, 2.75) is 13.8 Å². The monoisotopic (exact) mass is 350 g/mol. The van der Waals surface area contributed by atoms with Gasteiger partial charge in [-0.2, -0.15) is 0 Å². The average Bonchev–Trinajstić information content (AvgIpc) is 2.63. The number of ether oxygens (including phenoxy) is 3. The van der Waals surface area contributed by atoms with Crippen molar-refractivity contribution in [3.05, 3.63) is 18.2 Å². The van der Waals surface area contributed by atoms with Crippen molar-refractivity contribution < 1.29 is 14.2 Å². The molecule has 0 radical (unpaired) electrons. The first-order valence-corrected chi connectivity index (χ1v) is 8.93. The van der Waals surface area contributed by atoms with E-state index in [2.05, 4.69) is 27.4 Å². The van der Waals surface area contributed by atoms with Crippen LogP contribution in [0, 0.1) is 0 Å². The van der Waals surface area contributed by atoms with Gasteiger partial charge in [0.25, 0.3) is 0 Å². The topological polar surface area (TPSA) is 67.4 Å². The number of guanidine groups is 1. The summed E-state index contributed by atoms with van der Waals surface area (Å²) in [5.41, 5.74) is 0.912. The van der Waals surface area contributed by atoms with Crippen LogP contribution in [-0.4, -0.2) is 70.5 Å². The van der Waals surface area contributed by atoms with Crippen LogP contribution in [0.2, 0.25) is 0 Å². The molecule has 7 nitrogen and oxygen atoms in total. The first-order chi connectivity index (χ1) is 12.3. The Bertz CT molecular complexity index is 545. The second kappa shape index (κ2) is 10.8. The van der Waals surface area contributed by atoms with E-state index < -0.39 is 0 Å². The molecular formula is C18H30N4O3. The third-order valence-electron chi connectivity index (χ3n) is 3.86. The SMILES string of the molecule is CCNC(=NCCN1CCOCC1)Nc1ccc(OC)c(OCC)c1. The summed E-state index contributed by atoms with van der Waals surface area (Å²) in [6.45, 7) is 10.7. The van der Waals surface area contributed by atoms with E-state index in [0.717, 1.165) is 69.1 Å². The van der Waals surface area contributed by atoms with Crippen LogP contribution in [0.3, 0.4) is 0 Å². The lowest BCUT2D eigenvalue weighted by Gasteiger charge is -2.25. The summed E-state index contributed by atoms with van der Waals surface area (Å²) >= 11 is 0. The first kappa shape index (κ1) is 19.3. The Morgan fingerprint density at radius 3 is 2.72 bits per heavy atom. The molecule has 7 heteroatoms. The van der Waals surface area contributed by atoms with Crippen LogP contribution in [0.25, 0.3) is 0 Å². The first-order valence-electron chi connectivity index (χ1n) is 8.93. The standard InChI is InChI=1S/C18H30N4O3/c1-4-19-18(20-8-9-22-10-12-24-13-11-22)21-15-6-7-16(23-3)17(14-15)25-5-2/h6-7,14H,4-5,8-13H2,1-3H3,(H2,19,20,21). The van der Waals surface area contributed by atoms with Gasteiger partial charge in [0.2, 0.25) is 0 Å². The lowest BCUT2D eigenvalue weighted by Crippen LogP contribution is -2.38. The minimum absolute atomic E-state index is 0.591. The number of nitrogens with one attached hydrogen (secondary N) is 2. The molecule has 1 aliphatic heterocycles. The van der Waals surface area contributed by atoms with Crippen molar-refractivity contribution in [3.63, 3.8) is 0 Å². The van der Waals surface area contributed by atoms with E-state index in [1.54, 1.807) is 7.11 Å². The molecule has 2 N–H and O–H groups in total. The largest absolute Gasteiger partial charge is 0.493 e. The highest BCUT2D eigenvalue weighted by Crippen LogP contribution is 2.30. The third kappa shape index (κ3) is 6.43. The fourth-order valence-corrected chi connectivity index (χ4v) is 2.59. The predicted molar refractivity (Wildman–Crippen MR) is 101 cm³/mol. The maximum atomic E-state index is 5.63. The van der Waals surface area contributed by atoms with Crippen LogP contribution in [-0.2, 0) is 4.74 Å². The van der Waals surface area contributed by atoms with Crippen molar-refractivity contribution in [1.82, 2.24) is 10.2 Å². The molecule has 0 amide bonds. The van der Waals surface area contributed by atoms with E-state index in [0.29, 0.717) is 6.61 Å². The Balaban J connectivity index is 1.97. The van der Waals surface area contributed by atoms with Gasteiger partial charge in [0.05, 0.1) is 33.5 Å². The number of hydrogen-bond acceptors (Lipinski definition) is 5. The molecule has 0 aliphatic carbocycles. The zero-order valence-corrected chi connectivity index (χ0v) is 15.5. The van der Waals surface area contributed by atoms with Gasteiger partial charge in [-0.25, -0.2) is 0 Å². The predicted octanol–water partition coefficient (Wildman–Crippen LogP) is 1.80. The fourth-order valence-electron chi connectivity index (χ4n) is 2.59. The molecule has 0 saturated carbocycles. The van der Waals surface area contributed by atoms with Crippen molar-refractivity contribution in [2.75, 3.05) is 65.0 Å². The molecule has 1 aliphatic rings. The van der Waals surface area contributed by atoms with Gasteiger partial charge in [0, 0.05) is 37.9 Å². The van der Waals surface area contributed by atoms with E-state index >= 15 is 0 Å². The summed E-state index contributed by atoms with van der Waals surface area (Å²) in [4.78, 5) is 7.03. The summed E-state index contributed by atoms with van der Waals surface area (Å²) in [6.07, 6.45) is 0. The quantitative estimate of drug-likeness (QED) is 0.550. The molecule has 1 saturated heterocycles. The number of aliphatic imine (C=N–C) groups is 1. The highest BCUT2D eigenvalue weighted by atomic mass is 16.5. The van der Waals surface area contributed by atoms with Crippen LogP contribution in [0.5, 0.6) is 11.5 Å². The molecule has 0 bridgehead atoms. The second-order valence-electron chi connectivity index (χ2n) is 5.64. The summed E-state index contributed by atoms with van der Waals surface area (Å²) in [5, 5.41) is 6.60. The summed E-state index contributed by atoms with van der Waals surface area (Å²) in [7, 11) is 1.64. The number of morpholine rings is 1. The van der Waals surface area contributed by atoms with Crippen molar-refractivity contribution in [3.8, 4) is 11.5 Å². The molecule has 0 unspecified atom stereocenters. The molecule has 1 heterocycles. The lowest BCUT2D eigenvalue weighted by molar-refractivity contribution is 0.0394. The zero-order chi connectivity index (χ0) is 17.9. The van der Waals surface area contributed by atoms with E-state index in [1.807, 2.05) is 25.1 Å². The van der Waals surface area contributed by atoms with Gasteiger partial charge in [-0.3, -0.25) is 9.89 Å². The van der Waals surface area contributed by atoms with Gasteiger partial charge in [0.1, 0.15) is 0 Å². The number of benzene rings is 1. The fraction of sp³-hybridized carbons (Fsp3) is 0.611. The molecule has 1 aromatic carbocycles. The number of rotatable bonds is 8. The highest BCUT2D eigenvalue weighted by Gasteiger charge is 2.10. The number of methoxy groups -OCH3 is 1. The highest BCUT2D eigenvalue weighted by molar-refractivity contribution is 5.93. The van der Waals surface area contributed by atoms with Crippen LogP contribution in [0.15, 0.2) is 23.2 Å². The molecule has 0 atom stereocenters. The molecule has 0 spiro atoms. The van der Waals surface area contributed by atoms with Gasteiger partial charge >= 0.3 is 0 Å². The van der Waals surface area contributed by atoms with Crippen LogP contribution in [0.4, 0.5) is 5.69 Å². The minimum atomic E-state index is 0.591. The maximum Gasteiger partial charge on any atom is 0.195 e. The summed E-state index contributed by atoms with van der Waals surface area (Å²) in [6, 6.07) is 5.78. The lowest BCUT2D eigenvalue weighted by atomic mass is 10.2. The Morgan fingerprint density at radius 2 is 2.04 bits per heavy atom. The van der Waals surface area contributed by atoms with Gasteiger partial charge in [-0.15, -0.1) is 0 Å². The van der Waals surface area contributed by atoms with Gasteiger partial charge < -0.3 is 24.8 Å². The van der Waals surface area contributed by atoms with Gasteiger partial charge in [-0.05, 0) is 26.0 Å². The van der Waals surface area contributed by atoms with Crippen molar-refractivity contribution in [2.24, 2.45) is 4.99 Å². The zero-order valence-electron chi connectivity index (χ0n) is 15.5. The normalized spacial score (nSPS) is 15.7. The molecule has 1 aromatic rings. The second-order valence-corrected chi connectivity index (χ2v) is 5.64. The van der Waals surface area contributed by atoms with Crippen LogP contribution < -0.4 is 20.1 Å². The molecular weight excluding hydrogens is 320 g/mol. The van der Waals surface area contributed by atoms with Gasteiger partial charge in [0.15, 0.2) is 17.5 Å². The van der Waals surface area contributed by atoms with E-state index in [4.69, 9.17) is 14.2 Å².